The number of hydrogen-bond donors (Lipinski definition) is 2. The number of nitrogens with two attached hydrogens (primary N) is 1. The van der Waals surface area contributed by atoms with Crippen LogP contribution in [-0.2, 0) is 11.2 Å². The lowest BCUT2D eigenvalue weighted by Crippen LogP contribution is -2.32. The Morgan fingerprint density at radius 1 is 1.29 bits per heavy atom. The minimum Gasteiger partial charge on any atom is -0.480 e. The number of carboxylic acid groups (broad SMARTS) is 1. The molecule has 2 aromatic carbocycles. The zero-order valence-electron chi connectivity index (χ0n) is 11.8. The van der Waals surface area contributed by atoms with Crippen LogP contribution in [0.25, 0.3) is 0 Å². The highest BCUT2D eigenvalue weighted by molar-refractivity contribution is 14.1. The van der Waals surface area contributed by atoms with E-state index in [1.54, 1.807) is 34.7 Å². The van der Waals surface area contributed by atoms with Gasteiger partial charge in [0.15, 0.2) is 17.3 Å². The summed E-state index contributed by atoms with van der Waals surface area (Å²) in [6.07, 6.45) is 0.171. The first-order valence-corrected chi connectivity index (χ1v) is 9.72. The molecule has 0 saturated heterocycles. The predicted molar refractivity (Wildman–Crippen MR) is 110 cm³/mol. The molecule has 0 amide bonds. The van der Waals surface area contributed by atoms with Crippen LogP contribution in [0.15, 0.2) is 24.3 Å². The third-order valence-corrected chi connectivity index (χ3v) is 5.63. The molecule has 0 fully saturated rings. The highest BCUT2D eigenvalue weighted by Crippen LogP contribution is 2.35. The molecule has 1 atom stereocenters. The summed E-state index contributed by atoms with van der Waals surface area (Å²) in [5, 5.41) is 8.88. The van der Waals surface area contributed by atoms with Gasteiger partial charge in [-0.25, -0.2) is 8.78 Å². The van der Waals surface area contributed by atoms with E-state index in [9.17, 15) is 13.6 Å². The van der Waals surface area contributed by atoms with E-state index in [-0.39, 0.29) is 15.7 Å². The van der Waals surface area contributed by atoms with Gasteiger partial charge in [-0.05, 0) is 104 Å². The Morgan fingerprint density at radius 3 is 2.42 bits per heavy atom. The van der Waals surface area contributed by atoms with Gasteiger partial charge in [0.1, 0.15) is 11.9 Å². The Bertz CT molecular complexity index is 779. The van der Waals surface area contributed by atoms with Gasteiger partial charge in [0.2, 0.25) is 0 Å². The van der Waals surface area contributed by atoms with Gasteiger partial charge in [-0.1, -0.05) is 0 Å². The maximum Gasteiger partial charge on any atom is 0.320 e. The van der Waals surface area contributed by atoms with Crippen LogP contribution in [0.5, 0.6) is 11.5 Å². The summed E-state index contributed by atoms with van der Waals surface area (Å²) in [5.41, 5.74) is 6.28. The van der Waals surface area contributed by atoms with Gasteiger partial charge in [0.05, 0.1) is 10.7 Å². The van der Waals surface area contributed by atoms with E-state index in [0.29, 0.717) is 12.9 Å². The fourth-order valence-corrected chi connectivity index (χ4v) is 4.43. The van der Waals surface area contributed by atoms with Gasteiger partial charge < -0.3 is 15.6 Å². The lowest BCUT2D eigenvalue weighted by molar-refractivity contribution is -0.138. The molecule has 9 heteroatoms. The number of rotatable bonds is 5. The largest absolute Gasteiger partial charge is 0.480 e. The third kappa shape index (κ3) is 4.66. The van der Waals surface area contributed by atoms with E-state index in [4.69, 9.17) is 15.6 Å². The zero-order valence-corrected chi connectivity index (χ0v) is 18.3. The predicted octanol–water partition coefficient (Wildman–Crippen LogP) is 4.53. The molecule has 0 bridgehead atoms. The van der Waals surface area contributed by atoms with Crippen LogP contribution in [0.4, 0.5) is 8.78 Å². The molecule has 24 heavy (non-hydrogen) atoms. The second-order valence-corrected chi connectivity index (χ2v) is 8.22. The number of aliphatic carboxylic acids is 1. The van der Waals surface area contributed by atoms with Gasteiger partial charge in [0.25, 0.3) is 0 Å². The normalized spacial score (nSPS) is 12.1. The summed E-state index contributed by atoms with van der Waals surface area (Å²) in [6.45, 7) is 0. The molecule has 0 aliphatic heterocycles. The number of carbonyl (C=O) groups is 1. The van der Waals surface area contributed by atoms with E-state index in [0.717, 1.165) is 11.6 Å². The number of halogens is 5. The summed E-state index contributed by atoms with van der Waals surface area (Å²) in [5.74, 6) is -2.15. The van der Waals surface area contributed by atoms with Crippen molar-refractivity contribution in [3.63, 3.8) is 0 Å². The van der Waals surface area contributed by atoms with Crippen molar-refractivity contribution in [3.8, 4) is 11.5 Å². The van der Waals surface area contributed by atoms with Crippen molar-refractivity contribution in [1.29, 1.82) is 0 Å². The maximum atomic E-state index is 14.1. The van der Waals surface area contributed by atoms with Crippen LogP contribution in [0.3, 0.4) is 0 Å². The van der Waals surface area contributed by atoms with Gasteiger partial charge in [-0.2, -0.15) is 0 Å². The Balaban J connectivity index is 2.32. The summed E-state index contributed by atoms with van der Waals surface area (Å²) in [7, 11) is 0. The van der Waals surface area contributed by atoms with Crippen LogP contribution in [0.1, 0.15) is 5.56 Å². The Kier molecular flexibility index (Phi) is 7.01. The van der Waals surface area contributed by atoms with E-state index in [1.807, 2.05) is 45.2 Å². The smallest absolute Gasteiger partial charge is 0.320 e. The van der Waals surface area contributed by atoms with Gasteiger partial charge in [-0.3, -0.25) is 4.79 Å². The number of carboxylic acids is 1. The second-order valence-electron chi connectivity index (χ2n) is 4.81. The van der Waals surface area contributed by atoms with Crippen molar-refractivity contribution in [3.05, 3.63) is 52.2 Å². The molecule has 128 valence electrons. The van der Waals surface area contributed by atoms with E-state index in [1.165, 1.54) is 6.07 Å². The van der Waals surface area contributed by atoms with Crippen LogP contribution in [0, 0.1) is 22.3 Å². The van der Waals surface area contributed by atoms with Crippen LogP contribution in [0.2, 0.25) is 0 Å². The SMILES string of the molecule is N[C@@H](Cc1cc(I)c(Oc2ccc(F)c([123I])c2F)c(I)c1)C(=O)O. The van der Waals surface area contributed by atoms with Crippen molar-refractivity contribution in [2.24, 2.45) is 5.73 Å². The van der Waals surface area contributed by atoms with Gasteiger partial charge in [0, 0.05) is 0 Å². The molecule has 0 aliphatic carbocycles. The molecule has 4 nitrogen and oxygen atoms in total. The Labute approximate surface area is 177 Å². The first-order chi connectivity index (χ1) is 11.2. The molecule has 0 aromatic heterocycles. The summed E-state index contributed by atoms with van der Waals surface area (Å²) in [4.78, 5) is 10.9. The molecule has 2 aromatic rings. The van der Waals surface area contributed by atoms with Crippen molar-refractivity contribution < 1.29 is 23.4 Å². The van der Waals surface area contributed by atoms with Crippen molar-refractivity contribution in [2.45, 2.75) is 12.5 Å². The van der Waals surface area contributed by atoms with Crippen molar-refractivity contribution in [1.82, 2.24) is 0 Å². The molecule has 0 heterocycles. The maximum absolute atomic E-state index is 14.1. The third-order valence-electron chi connectivity index (χ3n) is 3.04. The fourth-order valence-electron chi connectivity index (χ4n) is 1.87. The monoisotopic (exact) mass is 667 g/mol. The average molecular weight is 667 g/mol. The van der Waals surface area contributed by atoms with Gasteiger partial charge in [-0.15, -0.1) is 0 Å². The molecule has 0 spiro atoms. The topological polar surface area (TPSA) is 72.5 Å². The average Bonchev–Trinajstić information content (AvgIpc) is 2.50. The van der Waals surface area contributed by atoms with Crippen molar-refractivity contribution in [2.75, 3.05) is 0 Å². The number of ether oxygens (including phenoxy) is 1. The summed E-state index contributed by atoms with van der Waals surface area (Å²) in [6, 6.07) is 4.83. The van der Waals surface area contributed by atoms with Crippen molar-refractivity contribution >= 4 is 73.7 Å². The van der Waals surface area contributed by atoms with Crippen LogP contribution < -0.4 is 10.5 Å². The number of benzene rings is 2. The lowest BCUT2D eigenvalue weighted by Gasteiger charge is -2.14. The number of hydrogen-bond acceptors (Lipinski definition) is 3. The molecule has 3 N–H and O–H groups in total. The van der Waals surface area contributed by atoms with Crippen LogP contribution >= 0.6 is 67.8 Å². The quantitative estimate of drug-likeness (QED) is 0.364. The van der Waals surface area contributed by atoms with Gasteiger partial charge >= 0.3 is 5.97 Å². The zero-order chi connectivity index (χ0) is 18.0. The molecule has 0 unspecified atom stereocenters. The molecular formula is C15H10F2I3NO3. The first kappa shape index (κ1) is 20.0. The minimum absolute atomic E-state index is 0.0772. The second kappa shape index (κ2) is 8.40. The summed E-state index contributed by atoms with van der Waals surface area (Å²) >= 11 is 5.60. The highest BCUT2D eigenvalue weighted by atomic mass is 127. The molecule has 2 rings (SSSR count). The molecule has 0 saturated carbocycles. The minimum atomic E-state index is -1.08. The molecule has 0 aliphatic rings. The Hall–Kier alpha value is -0.280. The van der Waals surface area contributed by atoms with E-state index < -0.39 is 23.6 Å². The Morgan fingerprint density at radius 2 is 1.88 bits per heavy atom. The standard InChI is InChI=1S/C15H10F2I3NO3/c16-7-1-2-11(12(17)13(7)20)24-14-8(18)3-6(4-9(14)19)5-10(21)15(22)23/h1-4,10H,5,21H2,(H,22,23)/t10-/m0/s1/i20-4. The highest BCUT2D eigenvalue weighted by Gasteiger charge is 2.18. The molecule has 0 radical (unpaired) electrons. The van der Waals surface area contributed by atoms with Crippen LogP contribution in [-0.4, -0.2) is 17.1 Å². The lowest BCUT2D eigenvalue weighted by atomic mass is 10.1. The fraction of sp³-hybridized carbons (Fsp3) is 0.133. The summed E-state index contributed by atoms with van der Waals surface area (Å²) < 4.78 is 34.2. The molecular weight excluding hydrogens is 657 g/mol. The van der Waals surface area contributed by atoms with E-state index in [2.05, 4.69) is 0 Å². The van der Waals surface area contributed by atoms with E-state index >= 15 is 0 Å². The first-order valence-electron chi connectivity index (χ1n) is 6.48.